The van der Waals surface area contributed by atoms with E-state index in [4.69, 9.17) is 9.29 Å². The molecule has 1 N–H and O–H groups in total. The Morgan fingerprint density at radius 3 is 2.16 bits per heavy atom. The highest BCUT2D eigenvalue weighted by atomic mass is 32.2. The number of carboxylic acids is 1. The normalized spacial score (nSPS) is 13.5. The van der Waals surface area contributed by atoms with Crippen LogP contribution in [0, 0.1) is 5.92 Å². The molecule has 0 aliphatic heterocycles. The smallest absolute Gasteiger partial charge is 0.335 e. The van der Waals surface area contributed by atoms with Gasteiger partial charge in [0, 0.05) is 0 Å². The van der Waals surface area contributed by atoms with Gasteiger partial charge in [0.25, 0.3) is 10.1 Å². The molecule has 0 radical (unpaired) electrons. The molecule has 0 saturated heterocycles. The lowest BCUT2D eigenvalue weighted by Crippen LogP contribution is -2.13. The molecule has 0 saturated carbocycles. The lowest BCUT2D eigenvalue weighted by atomic mass is 9.99. The van der Waals surface area contributed by atoms with E-state index in [9.17, 15) is 13.2 Å². The van der Waals surface area contributed by atoms with E-state index >= 15 is 0 Å². The summed E-state index contributed by atoms with van der Waals surface area (Å²) in [5, 5.41) is 8.82. The molecule has 0 fully saturated rings. The Morgan fingerprint density at radius 1 is 1.26 bits per heavy atom. The van der Waals surface area contributed by atoms with Gasteiger partial charge in [-0.2, -0.15) is 8.42 Å². The Kier molecular flexibility index (Phi) is 5.08. The minimum absolute atomic E-state index is 0.159. The van der Waals surface area contributed by atoms with Crippen molar-refractivity contribution in [3.8, 4) is 0 Å². The molecule has 0 aliphatic carbocycles. The van der Waals surface area contributed by atoms with Gasteiger partial charge in [-0.1, -0.05) is 26.0 Å². The summed E-state index contributed by atoms with van der Waals surface area (Å²) in [5.41, 5.74) is 0.815. The molecule has 1 aromatic rings. The summed E-state index contributed by atoms with van der Waals surface area (Å²) in [7, 11) is -3.56. The molecular weight excluding hydrogens is 268 g/mol. The predicted molar refractivity (Wildman–Crippen MR) is 71.5 cm³/mol. The maximum atomic E-state index is 11.3. The van der Waals surface area contributed by atoms with Crippen LogP contribution in [-0.4, -0.2) is 25.7 Å². The van der Waals surface area contributed by atoms with Crippen molar-refractivity contribution in [1.82, 2.24) is 0 Å². The van der Waals surface area contributed by atoms with Crippen molar-refractivity contribution in [2.75, 3.05) is 6.26 Å². The third-order valence-corrected chi connectivity index (χ3v) is 3.09. The molecule has 1 atom stereocenters. The van der Waals surface area contributed by atoms with Gasteiger partial charge in [0.1, 0.15) is 6.10 Å². The maximum absolute atomic E-state index is 11.3. The number of carbonyl (C=O) groups is 1. The first-order chi connectivity index (χ1) is 8.69. The van der Waals surface area contributed by atoms with Crippen LogP contribution in [0.2, 0.25) is 0 Å². The molecule has 0 aliphatic rings. The van der Waals surface area contributed by atoms with Gasteiger partial charge in [-0.15, -0.1) is 0 Å². The quantitative estimate of drug-likeness (QED) is 0.812. The van der Waals surface area contributed by atoms with Gasteiger partial charge < -0.3 is 5.11 Å². The second-order valence-electron chi connectivity index (χ2n) is 4.85. The van der Waals surface area contributed by atoms with E-state index in [0.717, 1.165) is 6.26 Å². The van der Waals surface area contributed by atoms with Crippen LogP contribution >= 0.6 is 0 Å². The van der Waals surface area contributed by atoms with Gasteiger partial charge in [-0.05, 0) is 30.0 Å². The molecule has 6 heteroatoms. The van der Waals surface area contributed by atoms with Gasteiger partial charge in [0.2, 0.25) is 0 Å². The first-order valence-corrected chi connectivity index (χ1v) is 7.72. The van der Waals surface area contributed by atoms with E-state index in [-0.39, 0.29) is 11.5 Å². The first kappa shape index (κ1) is 15.7. The Hall–Kier alpha value is -1.40. The van der Waals surface area contributed by atoms with Crippen LogP contribution in [0.3, 0.4) is 0 Å². The van der Waals surface area contributed by atoms with Crippen LogP contribution in [0.25, 0.3) is 0 Å². The molecule has 1 rings (SSSR count). The summed E-state index contributed by atoms with van der Waals surface area (Å²) in [6, 6.07) is 6.05. The summed E-state index contributed by atoms with van der Waals surface area (Å²) in [4.78, 5) is 10.8. The zero-order valence-corrected chi connectivity index (χ0v) is 12.0. The highest BCUT2D eigenvalue weighted by Crippen LogP contribution is 2.27. The molecule has 5 nitrogen and oxygen atoms in total. The third-order valence-electron chi connectivity index (χ3n) is 2.51. The van der Waals surface area contributed by atoms with Crippen LogP contribution < -0.4 is 0 Å². The summed E-state index contributed by atoms with van der Waals surface area (Å²) in [6.45, 7) is 3.93. The fourth-order valence-corrected chi connectivity index (χ4v) is 2.32. The van der Waals surface area contributed by atoms with Crippen LogP contribution in [0.1, 0.15) is 42.3 Å². The number of hydrogen-bond acceptors (Lipinski definition) is 4. The lowest BCUT2D eigenvalue weighted by molar-refractivity contribution is 0.0696. The van der Waals surface area contributed by atoms with E-state index in [1.54, 1.807) is 12.1 Å². The molecule has 0 aromatic heterocycles. The van der Waals surface area contributed by atoms with Crippen LogP contribution in [0.5, 0.6) is 0 Å². The second kappa shape index (κ2) is 6.16. The Labute approximate surface area is 113 Å². The monoisotopic (exact) mass is 286 g/mol. The Morgan fingerprint density at radius 2 is 1.79 bits per heavy atom. The fraction of sp³-hybridized carbons (Fsp3) is 0.462. The van der Waals surface area contributed by atoms with Gasteiger partial charge >= 0.3 is 5.97 Å². The van der Waals surface area contributed by atoms with Crippen molar-refractivity contribution in [1.29, 1.82) is 0 Å². The Balaban J connectivity index is 3.00. The highest BCUT2D eigenvalue weighted by molar-refractivity contribution is 7.86. The van der Waals surface area contributed by atoms with E-state index < -0.39 is 22.2 Å². The van der Waals surface area contributed by atoms with E-state index in [1.807, 2.05) is 13.8 Å². The molecule has 1 unspecified atom stereocenters. The van der Waals surface area contributed by atoms with E-state index in [0.29, 0.717) is 12.0 Å². The average Bonchev–Trinajstić information content (AvgIpc) is 2.25. The second-order valence-corrected chi connectivity index (χ2v) is 6.45. The lowest BCUT2D eigenvalue weighted by Gasteiger charge is -2.18. The summed E-state index contributed by atoms with van der Waals surface area (Å²) < 4.78 is 27.6. The van der Waals surface area contributed by atoms with Crippen LogP contribution in [0.4, 0.5) is 0 Å². The van der Waals surface area contributed by atoms with Crippen molar-refractivity contribution in [2.24, 2.45) is 5.92 Å². The summed E-state index contributed by atoms with van der Waals surface area (Å²) >= 11 is 0. The average molecular weight is 286 g/mol. The molecule has 19 heavy (non-hydrogen) atoms. The maximum Gasteiger partial charge on any atom is 0.335 e. The highest BCUT2D eigenvalue weighted by Gasteiger charge is 2.19. The van der Waals surface area contributed by atoms with Crippen molar-refractivity contribution in [2.45, 2.75) is 26.4 Å². The Bertz CT molecular complexity index is 531. The van der Waals surface area contributed by atoms with Crippen LogP contribution in [-0.2, 0) is 14.3 Å². The molecule has 1 aromatic carbocycles. The molecule has 0 heterocycles. The standard InChI is InChI=1S/C13H18O5S/c1-9(2)8-12(18-19(3,16)17)10-4-6-11(7-5-10)13(14)15/h4-7,9,12H,8H2,1-3H3,(H,14,15). The SMILES string of the molecule is CC(C)CC(OS(C)(=O)=O)c1ccc(C(=O)O)cc1. The predicted octanol–water partition coefficient (Wildman–Crippen LogP) is 2.45. The van der Waals surface area contributed by atoms with Crippen molar-refractivity contribution < 1.29 is 22.5 Å². The topological polar surface area (TPSA) is 80.7 Å². The van der Waals surface area contributed by atoms with E-state index in [1.165, 1.54) is 12.1 Å². The van der Waals surface area contributed by atoms with Crippen molar-refractivity contribution in [3.05, 3.63) is 35.4 Å². The molecule has 0 spiro atoms. The zero-order valence-electron chi connectivity index (χ0n) is 11.2. The minimum Gasteiger partial charge on any atom is -0.478 e. The van der Waals surface area contributed by atoms with Crippen molar-refractivity contribution >= 4 is 16.1 Å². The molecular formula is C13H18O5S. The van der Waals surface area contributed by atoms with Gasteiger partial charge in [-0.3, -0.25) is 4.18 Å². The van der Waals surface area contributed by atoms with Crippen molar-refractivity contribution in [3.63, 3.8) is 0 Å². The first-order valence-electron chi connectivity index (χ1n) is 5.90. The number of aromatic carboxylic acids is 1. The number of carboxylic acid groups (broad SMARTS) is 1. The molecule has 0 amide bonds. The summed E-state index contributed by atoms with van der Waals surface area (Å²) in [6.07, 6.45) is 0.962. The molecule has 0 bridgehead atoms. The number of benzene rings is 1. The largest absolute Gasteiger partial charge is 0.478 e. The fourth-order valence-electron chi connectivity index (χ4n) is 1.71. The molecule has 106 valence electrons. The van der Waals surface area contributed by atoms with E-state index in [2.05, 4.69) is 0 Å². The number of rotatable bonds is 6. The van der Waals surface area contributed by atoms with Gasteiger partial charge in [0.05, 0.1) is 11.8 Å². The zero-order chi connectivity index (χ0) is 14.6. The number of hydrogen-bond donors (Lipinski definition) is 1. The summed E-state index contributed by atoms with van der Waals surface area (Å²) in [5.74, 6) is -0.762. The van der Waals surface area contributed by atoms with Crippen LogP contribution in [0.15, 0.2) is 24.3 Å². The van der Waals surface area contributed by atoms with Gasteiger partial charge in [-0.25, -0.2) is 4.79 Å². The van der Waals surface area contributed by atoms with Gasteiger partial charge in [0.15, 0.2) is 0 Å². The minimum atomic E-state index is -3.56. The third kappa shape index (κ3) is 5.40.